The number of nitrogens with one attached hydrogen (secondary N) is 2. The molecule has 1 fully saturated rings. The van der Waals surface area contributed by atoms with E-state index >= 15 is 0 Å². The Bertz CT molecular complexity index is 777. The van der Waals surface area contributed by atoms with E-state index in [-0.39, 0.29) is 29.6 Å². The largest absolute Gasteiger partial charge is 0.451 e. The van der Waals surface area contributed by atoms with Crippen molar-refractivity contribution < 1.29 is 14.0 Å². The summed E-state index contributed by atoms with van der Waals surface area (Å²) < 4.78 is 5.43. The molecule has 0 bridgehead atoms. The topological polar surface area (TPSA) is 88.4 Å². The summed E-state index contributed by atoms with van der Waals surface area (Å²) in [7, 11) is 0. The molecule has 2 N–H and O–H groups in total. The molecule has 1 aliphatic rings. The van der Waals surface area contributed by atoms with Crippen LogP contribution < -0.4 is 16.1 Å². The molecule has 0 radical (unpaired) electrons. The van der Waals surface area contributed by atoms with Crippen molar-refractivity contribution in [3.05, 3.63) is 46.3 Å². The van der Waals surface area contributed by atoms with E-state index in [0.717, 1.165) is 12.8 Å². The first-order chi connectivity index (χ1) is 10.6. The average Bonchev–Trinajstić information content (AvgIpc) is 3.36. The van der Waals surface area contributed by atoms with Gasteiger partial charge in [-0.15, -0.1) is 0 Å². The first kappa shape index (κ1) is 14.3. The highest BCUT2D eigenvalue weighted by atomic mass is 16.3. The maximum absolute atomic E-state index is 12.0. The van der Waals surface area contributed by atoms with Gasteiger partial charge < -0.3 is 15.1 Å². The van der Waals surface area contributed by atoms with E-state index in [1.54, 1.807) is 24.3 Å². The van der Waals surface area contributed by atoms with Crippen LogP contribution in [0, 0.1) is 5.92 Å². The maximum Gasteiger partial charge on any atom is 0.287 e. The predicted octanol–water partition coefficient (Wildman–Crippen LogP) is 1.05. The lowest BCUT2D eigenvalue weighted by Gasteiger charge is -2.06. The molecule has 1 heterocycles. The third-order valence-corrected chi connectivity index (χ3v) is 3.52. The second kappa shape index (κ2) is 6.01. The van der Waals surface area contributed by atoms with Gasteiger partial charge in [0.1, 0.15) is 5.58 Å². The normalized spacial score (nSPS) is 13.8. The molecule has 1 aliphatic carbocycles. The van der Waals surface area contributed by atoms with Crippen molar-refractivity contribution >= 4 is 22.8 Å². The van der Waals surface area contributed by atoms with Gasteiger partial charge in [0.05, 0.1) is 5.39 Å². The van der Waals surface area contributed by atoms with Gasteiger partial charge in [-0.25, -0.2) is 0 Å². The summed E-state index contributed by atoms with van der Waals surface area (Å²) in [4.78, 5) is 35.3. The van der Waals surface area contributed by atoms with Crippen molar-refractivity contribution in [3.8, 4) is 0 Å². The van der Waals surface area contributed by atoms with Gasteiger partial charge in [-0.1, -0.05) is 12.1 Å². The smallest absolute Gasteiger partial charge is 0.287 e. The van der Waals surface area contributed by atoms with Crippen LogP contribution in [0.2, 0.25) is 0 Å². The molecule has 22 heavy (non-hydrogen) atoms. The number of para-hydroxylation sites is 1. The Kier molecular flexibility index (Phi) is 3.91. The van der Waals surface area contributed by atoms with Crippen LogP contribution in [0.5, 0.6) is 0 Å². The van der Waals surface area contributed by atoms with Gasteiger partial charge in [-0.3, -0.25) is 14.4 Å². The highest BCUT2D eigenvalue weighted by molar-refractivity contribution is 5.93. The SMILES string of the molecule is O=C(NCCNC(=O)C1CC1)c1cc(=O)c2ccccc2o1. The molecule has 0 saturated heterocycles. The molecule has 2 aromatic rings. The number of carbonyl (C=O) groups excluding carboxylic acids is 2. The molecule has 2 amide bonds. The van der Waals surface area contributed by atoms with E-state index in [1.807, 2.05) is 0 Å². The minimum atomic E-state index is -0.469. The second-order valence-corrected chi connectivity index (χ2v) is 5.29. The van der Waals surface area contributed by atoms with Gasteiger partial charge in [0.2, 0.25) is 5.91 Å². The van der Waals surface area contributed by atoms with E-state index in [2.05, 4.69) is 10.6 Å². The standard InChI is InChI=1S/C16H16N2O4/c19-12-9-14(22-13-4-2-1-3-11(12)13)16(21)18-8-7-17-15(20)10-5-6-10/h1-4,9-10H,5-8H2,(H,17,20)(H,18,21). The highest BCUT2D eigenvalue weighted by Gasteiger charge is 2.29. The van der Waals surface area contributed by atoms with Crippen molar-refractivity contribution in [1.29, 1.82) is 0 Å². The predicted molar refractivity (Wildman–Crippen MR) is 80.6 cm³/mol. The molecule has 0 aliphatic heterocycles. The lowest BCUT2D eigenvalue weighted by Crippen LogP contribution is -2.35. The number of hydrogen-bond donors (Lipinski definition) is 2. The van der Waals surface area contributed by atoms with Crippen LogP contribution in [0.4, 0.5) is 0 Å². The van der Waals surface area contributed by atoms with E-state index in [1.165, 1.54) is 6.07 Å². The summed E-state index contributed by atoms with van der Waals surface area (Å²) in [6.45, 7) is 0.646. The van der Waals surface area contributed by atoms with E-state index < -0.39 is 5.91 Å². The van der Waals surface area contributed by atoms with Crippen LogP contribution >= 0.6 is 0 Å². The number of fused-ring (bicyclic) bond motifs is 1. The minimum Gasteiger partial charge on any atom is -0.451 e. The van der Waals surface area contributed by atoms with Crippen molar-refractivity contribution in [1.82, 2.24) is 10.6 Å². The molecular formula is C16H16N2O4. The molecule has 6 nitrogen and oxygen atoms in total. The molecule has 0 atom stereocenters. The third kappa shape index (κ3) is 3.16. The fraction of sp³-hybridized carbons (Fsp3) is 0.312. The van der Waals surface area contributed by atoms with Gasteiger partial charge in [0, 0.05) is 25.1 Å². The first-order valence-corrected chi connectivity index (χ1v) is 7.24. The second-order valence-electron chi connectivity index (χ2n) is 5.29. The van der Waals surface area contributed by atoms with Crippen molar-refractivity contribution in [2.24, 2.45) is 5.92 Å². The molecule has 6 heteroatoms. The average molecular weight is 300 g/mol. The zero-order chi connectivity index (χ0) is 15.5. The molecular weight excluding hydrogens is 284 g/mol. The van der Waals surface area contributed by atoms with Crippen LogP contribution in [0.15, 0.2) is 39.5 Å². The van der Waals surface area contributed by atoms with Crippen LogP contribution in [0.3, 0.4) is 0 Å². The summed E-state index contributed by atoms with van der Waals surface area (Å²) in [5.74, 6) is -0.318. The molecule has 114 valence electrons. The number of hydrogen-bond acceptors (Lipinski definition) is 4. The number of amides is 2. The third-order valence-electron chi connectivity index (χ3n) is 3.52. The Morgan fingerprint density at radius 3 is 2.64 bits per heavy atom. The zero-order valence-corrected chi connectivity index (χ0v) is 11.9. The van der Waals surface area contributed by atoms with Crippen molar-refractivity contribution in [2.75, 3.05) is 13.1 Å². The molecule has 0 unspecified atom stereocenters. The summed E-state index contributed by atoms with van der Waals surface area (Å²) in [6, 6.07) is 7.95. The van der Waals surface area contributed by atoms with Gasteiger partial charge in [-0.2, -0.15) is 0 Å². The summed E-state index contributed by atoms with van der Waals surface area (Å²) >= 11 is 0. The van der Waals surface area contributed by atoms with Crippen molar-refractivity contribution in [2.45, 2.75) is 12.8 Å². The van der Waals surface area contributed by atoms with Gasteiger partial charge in [0.15, 0.2) is 11.2 Å². The monoisotopic (exact) mass is 300 g/mol. The lowest BCUT2D eigenvalue weighted by molar-refractivity contribution is -0.122. The molecule has 3 rings (SSSR count). The summed E-state index contributed by atoms with van der Waals surface area (Å²) in [5, 5.41) is 5.81. The van der Waals surface area contributed by atoms with Crippen LogP contribution in [0.25, 0.3) is 11.0 Å². The van der Waals surface area contributed by atoms with Crippen molar-refractivity contribution in [3.63, 3.8) is 0 Å². The molecule has 0 spiro atoms. The molecule has 1 aromatic heterocycles. The Morgan fingerprint density at radius 1 is 1.14 bits per heavy atom. The van der Waals surface area contributed by atoms with Gasteiger partial charge in [0.25, 0.3) is 5.91 Å². The zero-order valence-electron chi connectivity index (χ0n) is 11.9. The Hall–Kier alpha value is -2.63. The number of rotatable bonds is 5. The van der Waals surface area contributed by atoms with E-state index in [0.29, 0.717) is 17.5 Å². The lowest BCUT2D eigenvalue weighted by atomic mass is 10.2. The van der Waals surface area contributed by atoms with Crippen LogP contribution in [-0.2, 0) is 4.79 Å². The van der Waals surface area contributed by atoms with E-state index in [9.17, 15) is 14.4 Å². The Balaban J connectivity index is 1.60. The maximum atomic E-state index is 12.0. The fourth-order valence-corrected chi connectivity index (χ4v) is 2.15. The number of benzene rings is 1. The Labute approximate surface area is 126 Å². The minimum absolute atomic E-state index is 0.0304. The number of carbonyl (C=O) groups is 2. The van der Waals surface area contributed by atoms with Crippen LogP contribution in [-0.4, -0.2) is 24.9 Å². The Morgan fingerprint density at radius 2 is 1.86 bits per heavy atom. The van der Waals surface area contributed by atoms with Gasteiger partial charge >= 0.3 is 0 Å². The summed E-state index contributed by atoms with van der Waals surface area (Å²) in [5.41, 5.74) is 0.122. The summed E-state index contributed by atoms with van der Waals surface area (Å²) in [6.07, 6.45) is 1.89. The molecule has 1 saturated carbocycles. The van der Waals surface area contributed by atoms with E-state index in [4.69, 9.17) is 4.42 Å². The fourth-order valence-electron chi connectivity index (χ4n) is 2.15. The first-order valence-electron chi connectivity index (χ1n) is 7.24. The van der Waals surface area contributed by atoms with Gasteiger partial charge in [-0.05, 0) is 25.0 Å². The molecule has 1 aromatic carbocycles. The van der Waals surface area contributed by atoms with Crippen LogP contribution in [0.1, 0.15) is 23.4 Å². The quantitative estimate of drug-likeness (QED) is 0.808. The highest BCUT2D eigenvalue weighted by Crippen LogP contribution is 2.28.